The summed E-state index contributed by atoms with van der Waals surface area (Å²) < 4.78 is 13.0. The lowest BCUT2D eigenvalue weighted by Gasteiger charge is -2.57. The summed E-state index contributed by atoms with van der Waals surface area (Å²) in [5.41, 5.74) is 6.94. The van der Waals surface area contributed by atoms with Crippen LogP contribution in [0.2, 0.25) is 20.1 Å². The fraction of sp³-hybridized carbons (Fsp3) is 0.490. The normalized spacial score (nSPS) is 25.5. The predicted octanol–water partition coefficient (Wildman–Crippen LogP) is 12.1. The van der Waals surface area contributed by atoms with Crippen LogP contribution in [-0.4, -0.2) is 83.9 Å². The Kier molecular flexibility index (Phi) is 14.6. The van der Waals surface area contributed by atoms with Crippen LogP contribution in [0.4, 0.5) is 9.59 Å². The van der Waals surface area contributed by atoms with E-state index in [1.165, 1.54) is 44.9 Å². The number of piperidine rings is 2. The minimum absolute atomic E-state index is 0.0425. The van der Waals surface area contributed by atoms with Crippen LogP contribution in [0.1, 0.15) is 105 Å². The topological polar surface area (TPSA) is 86.4 Å². The summed E-state index contributed by atoms with van der Waals surface area (Å²) in [6.45, 7) is 4.41. The van der Waals surface area contributed by atoms with Gasteiger partial charge in [-0.3, -0.25) is 5.43 Å². The first-order valence-electron chi connectivity index (χ1n) is 23.2. The van der Waals surface area contributed by atoms with Crippen molar-refractivity contribution in [2.24, 2.45) is 17.8 Å². The van der Waals surface area contributed by atoms with Crippen molar-refractivity contribution in [3.8, 4) is 0 Å². The number of hydrogen-bond donors (Lipinski definition) is 2. The van der Waals surface area contributed by atoms with Gasteiger partial charge in [-0.25, -0.2) is 14.6 Å². The first-order valence-corrected chi connectivity index (χ1v) is 24.8. The fourth-order valence-electron chi connectivity index (χ4n) is 11.4. The average Bonchev–Trinajstić information content (AvgIpc) is 3.27. The van der Waals surface area contributed by atoms with Gasteiger partial charge in [-0.05, 0) is 129 Å². The molecule has 4 aromatic rings. The third kappa shape index (κ3) is 11.0. The van der Waals surface area contributed by atoms with Crippen LogP contribution in [0.15, 0.2) is 97.1 Å². The van der Waals surface area contributed by atoms with E-state index in [0.717, 1.165) is 91.9 Å². The van der Waals surface area contributed by atoms with Gasteiger partial charge in [0.25, 0.3) is 0 Å². The van der Waals surface area contributed by atoms with Gasteiger partial charge in [-0.15, -0.1) is 0 Å². The van der Waals surface area contributed by atoms with Crippen LogP contribution in [0.3, 0.4) is 0 Å². The second-order valence-electron chi connectivity index (χ2n) is 19.0. The SMILES string of the molecule is O=C(NC12CC3CC(CC(C3)C1)C2)N1CCC(OC(c2ccc(Cl)cc2)c2ccccc2Cl)CC1.O=C(NN1CCCCC1)N1CC(OC(c2ccc(Cl)cc2)c2ccccc2Cl)C1. The number of rotatable bonds is 10. The molecule has 0 spiro atoms. The molecule has 3 heterocycles. The Labute approximate surface area is 398 Å². The maximum absolute atomic E-state index is 13.3. The van der Waals surface area contributed by atoms with Gasteiger partial charge in [-0.1, -0.05) is 113 Å². The van der Waals surface area contributed by atoms with E-state index in [9.17, 15) is 9.59 Å². The van der Waals surface area contributed by atoms with Gasteiger partial charge in [0.15, 0.2) is 0 Å². The highest BCUT2D eigenvalue weighted by Gasteiger charge is 2.52. The first-order chi connectivity index (χ1) is 31.1. The highest BCUT2D eigenvalue weighted by Crippen LogP contribution is 2.55. The number of ether oxygens (including phenoxy) is 2. The molecule has 3 saturated heterocycles. The Morgan fingerprint density at radius 2 is 1.03 bits per heavy atom. The lowest BCUT2D eigenvalue weighted by atomic mass is 9.53. The van der Waals surface area contributed by atoms with Crippen LogP contribution >= 0.6 is 46.4 Å². The molecule has 4 saturated carbocycles. The number of carbonyl (C=O) groups excluding carboxylic acids is 2. The quantitative estimate of drug-likeness (QED) is 0.165. The van der Waals surface area contributed by atoms with Crippen molar-refractivity contribution in [1.29, 1.82) is 0 Å². The van der Waals surface area contributed by atoms with Gasteiger partial charge in [0.2, 0.25) is 0 Å². The smallest absolute Gasteiger partial charge is 0.332 e. The maximum Gasteiger partial charge on any atom is 0.332 e. The molecule has 7 aliphatic rings. The molecule has 3 aliphatic heterocycles. The van der Waals surface area contributed by atoms with E-state index in [1.54, 1.807) is 4.90 Å². The third-order valence-corrected chi connectivity index (χ3v) is 15.5. The number of hydrazine groups is 1. The summed E-state index contributed by atoms with van der Waals surface area (Å²) >= 11 is 25.2. The number of urea groups is 2. The lowest BCUT2D eigenvalue weighted by molar-refractivity contribution is -0.0669. The van der Waals surface area contributed by atoms with E-state index in [1.807, 2.05) is 107 Å². The number of benzene rings is 4. The van der Waals surface area contributed by atoms with Crippen molar-refractivity contribution in [2.45, 2.75) is 101 Å². The van der Waals surface area contributed by atoms with Crippen LogP contribution in [0, 0.1) is 17.8 Å². The van der Waals surface area contributed by atoms with Gasteiger partial charge < -0.3 is 24.6 Å². The third-order valence-electron chi connectivity index (χ3n) is 14.3. The summed E-state index contributed by atoms with van der Waals surface area (Å²) in [7, 11) is 0. The Hall–Kier alpha value is -3.54. The summed E-state index contributed by atoms with van der Waals surface area (Å²) in [5, 5.41) is 8.27. The number of halogens is 4. The zero-order chi connectivity index (χ0) is 44.2. The molecule has 2 N–H and O–H groups in total. The summed E-state index contributed by atoms with van der Waals surface area (Å²) in [6.07, 6.45) is 12.3. The Morgan fingerprint density at radius 1 is 0.562 bits per heavy atom. The van der Waals surface area contributed by atoms with Gasteiger partial charge in [0, 0.05) is 62.9 Å². The zero-order valence-corrected chi connectivity index (χ0v) is 39.3. The molecule has 13 heteroatoms. The minimum Gasteiger partial charge on any atom is -0.365 e. The number of nitrogens with zero attached hydrogens (tertiary/aromatic N) is 3. The zero-order valence-electron chi connectivity index (χ0n) is 36.3. The molecule has 340 valence electrons. The van der Waals surface area contributed by atoms with E-state index >= 15 is 0 Å². The number of hydrogen-bond acceptors (Lipinski definition) is 5. The molecule has 0 radical (unpaired) electrons. The Bertz CT molecular complexity index is 2170. The highest BCUT2D eigenvalue weighted by atomic mass is 35.5. The highest BCUT2D eigenvalue weighted by molar-refractivity contribution is 6.32. The van der Waals surface area contributed by atoms with Crippen molar-refractivity contribution in [1.82, 2.24) is 25.6 Å². The molecule has 2 atom stereocenters. The van der Waals surface area contributed by atoms with Gasteiger partial charge in [0.05, 0.1) is 25.3 Å². The van der Waals surface area contributed by atoms with Crippen molar-refractivity contribution < 1.29 is 19.1 Å². The fourth-order valence-corrected chi connectivity index (χ4v) is 12.1. The molecule has 7 fully saturated rings. The van der Waals surface area contributed by atoms with Crippen molar-refractivity contribution in [2.75, 3.05) is 39.3 Å². The molecular formula is C51H59Cl4N5O4. The summed E-state index contributed by atoms with van der Waals surface area (Å²) in [5.74, 6) is 2.49. The summed E-state index contributed by atoms with van der Waals surface area (Å²) in [6, 6.07) is 31.0. The maximum atomic E-state index is 13.3. The van der Waals surface area contributed by atoms with Gasteiger partial charge >= 0.3 is 12.1 Å². The van der Waals surface area contributed by atoms with Crippen LogP contribution in [0.5, 0.6) is 0 Å². The average molecular weight is 948 g/mol. The van der Waals surface area contributed by atoms with Crippen LogP contribution in [-0.2, 0) is 9.47 Å². The van der Waals surface area contributed by atoms with E-state index in [2.05, 4.69) is 10.7 Å². The van der Waals surface area contributed by atoms with E-state index in [4.69, 9.17) is 55.9 Å². The van der Waals surface area contributed by atoms with E-state index < -0.39 is 0 Å². The van der Waals surface area contributed by atoms with Crippen molar-refractivity contribution >= 4 is 58.5 Å². The first kappa shape index (κ1) is 45.6. The molecular weight excluding hydrogens is 888 g/mol. The standard InChI is InChI=1S/C29H34Cl2N2O2.C22H25Cl2N3O2/c30-23-7-5-22(6-8-23)27(25-3-1-2-4-26(25)31)35-24-9-11-33(12-10-24)28(34)32-29-16-19-13-20(17-29)15-21(14-19)18-29;23-17-10-8-16(9-11-17)21(19-6-2-3-7-20(19)24)29-18-14-26(15-18)22(28)25-27-12-4-1-5-13-27/h1-8,19-21,24,27H,9-18H2,(H,32,34);2-3,6-11,18,21H,1,4-5,12-15H2,(H,25,28). The molecule has 4 aliphatic carbocycles. The largest absolute Gasteiger partial charge is 0.365 e. The predicted molar refractivity (Wildman–Crippen MR) is 255 cm³/mol. The number of carbonyl (C=O) groups is 2. The number of amides is 4. The molecule has 64 heavy (non-hydrogen) atoms. The monoisotopic (exact) mass is 945 g/mol. The van der Waals surface area contributed by atoms with E-state index in [-0.39, 0.29) is 42.0 Å². The molecule has 2 unspecified atom stereocenters. The molecule has 4 aromatic carbocycles. The summed E-state index contributed by atoms with van der Waals surface area (Å²) in [4.78, 5) is 29.5. The molecule has 0 aromatic heterocycles. The molecule has 11 rings (SSSR count). The Morgan fingerprint density at radius 3 is 1.52 bits per heavy atom. The van der Waals surface area contributed by atoms with Crippen molar-refractivity contribution in [3.63, 3.8) is 0 Å². The Balaban J connectivity index is 0.000000165. The van der Waals surface area contributed by atoms with Crippen molar-refractivity contribution in [3.05, 3.63) is 139 Å². The second kappa shape index (κ2) is 20.5. The second-order valence-corrected chi connectivity index (χ2v) is 20.7. The lowest BCUT2D eigenvalue weighted by Crippen LogP contribution is -2.62. The molecule has 4 amide bonds. The van der Waals surface area contributed by atoms with Crippen LogP contribution < -0.4 is 10.7 Å². The van der Waals surface area contributed by atoms with Gasteiger partial charge in [-0.2, -0.15) is 0 Å². The number of nitrogens with one attached hydrogen (secondary N) is 2. The van der Waals surface area contributed by atoms with Gasteiger partial charge in [0.1, 0.15) is 12.2 Å². The molecule has 9 nitrogen and oxygen atoms in total. The minimum atomic E-state index is -0.307. The molecule has 4 bridgehead atoms. The van der Waals surface area contributed by atoms with E-state index in [0.29, 0.717) is 33.2 Å². The van der Waals surface area contributed by atoms with Crippen LogP contribution in [0.25, 0.3) is 0 Å². The number of likely N-dealkylation sites (tertiary alicyclic amines) is 2.